The number of carboxylic acid groups (broad SMARTS) is 1. The SMILES string of the molecule is CCOc1cc(/C=C(/C#N)C(=O)Nc2cccc(C(=O)O)c2)cc(Br)c1OCc1ccc(I)cc1. The maximum atomic E-state index is 12.7. The first-order valence-electron chi connectivity index (χ1n) is 10.4. The summed E-state index contributed by atoms with van der Waals surface area (Å²) in [5.41, 5.74) is 1.68. The number of anilines is 1. The Hall–Kier alpha value is -3.36. The molecule has 0 aliphatic rings. The number of carbonyl (C=O) groups is 2. The molecule has 0 aliphatic heterocycles. The van der Waals surface area contributed by atoms with Crippen molar-refractivity contribution in [2.45, 2.75) is 13.5 Å². The van der Waals surface area contributed by atoms with E-state index >= 15 is 0 Å². The predicted octanol–water partition coefficient (Wildman–Crippen LogP) is 6.28. The first kappa shape index (κ1) is 26.2. The lowest BCUT2D eigenvalue weighted by Gasteiger charge is -2.15. The van der Waals surface area contributed by atoms with Crippen LogP contribution in [0.4, 0.5) is 5.69 Å². The monoisotopic (exact) mass is 646 g/mol. The number of nitrogens with one attached hydrogen (secondary N) is 1. The molecule has 7 nitrogen and oxygen atoms in total. The minimum Gasteiger partial charge on any atom is -0.490 e. The summed E-state index contributed by atoms with van der Waals surface area (Å²) in [6.07, 6.45) is 1.42. The maximum Gasteiger partial charge on any atom is 0.335 e. The second-order valence-corrected chi connectivity index (χ2v) is 9.29. The third kappa shape index (κ3) is 7.31. The van der Waals surface area contributed by atoms with E-state index in [9.17, 15) is 14.9 Å². The molecule has 0 saturated carbocycles. The van der Waals surface area contributed by atoms with Gasteiger partial charge in [0.05, 0.1) is 16.6 Å². The number of halogens is 2. The van der Waals surface area contributed by atoms with Crippen molar-refractivity contribution in [2.75, 3.05) is 11.9 Å². The average molecular weight is 647 g/mol. The molecule has 0 unspecified atom stereocenters. The van der Waals surface area contributed by atoms with Crippen LogP contribution in [0.5, 0.6) is 11.5 Å². The summed E-state index contributed by atoms with van der Waals surface area (Å²) in [4.78, 5) is 23.8. The van der Waals surface area contributed by atoms with Crippen LogP contribution in [0, 0.1) is 14.9 Å². The number of carbonyl (C=O) groups excluding carboxylic acids is 1. The van der Waals surface area contributed by atoms with E-state index in [4.69, 9.17) is 14.6 Å². The number of nitrogens with zero attached hydrogens (tertiary/aromatic N) is 1. The molecular formula is C26H20BrIN2O5. The van der Waals surface area contributed by atoms with Gasteiger partial charge in [0, 0.05) is 9.26 Å². The topological polar surface area (TPSA) is 109 Å². The summed E-state index contributed by atoms with van der Waals surface area (Å²) in [7, 11) is 0. The number of ether oxygens (including phenoxy) is 2. The van der Waals surface area contributed by atoms with Crippen LogP contribution in [-0.2, 0) is 11.4 Å². The number of benzene rings is 3. The molecule has 0 aliphatic carbocycles. The highest BCUT2D eigenvalue weighted by molar-refractivity contribution is 14.1. The molecule has 0 heterocycles. The molecule has 0 atom stereocenters. The summed E-state index contributed by atoms with van der Waals surface area (Å²) in [5, 5.41) is 21.2. The van der Waals surface area contributed by atoms with Crippen molar-refractivity contribution in [3.05, 3.63) is 91.0 Å². The van der Waals surface area contributed by atoms with Crippen LogP contribution in [0.1, 0.15) is 28.4 Å². The van der Waals surface area contributed by atoms with Crippen molar-refractivity contribution in [1.29, 1.82) is 5.26 Å². The summed E-state index contributed by atoms with van der Waals surface area (Å²) < 4.78 is 13.5. The van der Waals surface area contributed by atoms with Crippen molar-refractivity contribution < 1.29 is 24.2 Å². The van der Waals surface area contributed by atoms with Crippen molar-refractivity contribution >= 4 is 62.2 Å². The molecule has 9 heteroatoms. The Morgan fingerprint density at radius 2 is 1.89 bits per heavy atom. The molecule has 0 spiro atoms. The van der Waals surface area contributed by atoms with Gasteiger partial charge in [0.25, 0.3) is 5.91 Å². The first-order chi connectivity index (χ1) is 16.8. The second-order valence-electron chi connectivity index (χ2n) is 7.19. The molecule has 3 aromatic rings. The molecule has 0 bridgehead atoms. The van der Waals surface area contributed by atoms with E-state index in [0.29, 0.717) is 34.7 Å². The van der Waals surface area contributed by atoms with Gasteiger partial charge in [0.15, 0.2) is 11.5 Å². The molecule has 3 rings (SSSR count). The summed E-state index contributed by atoms with van der Waals surface area (Å²) in [6.45, 7) is 2.58. The number of amides is 1. The largest absolute Gasteiger partial charge is 0.490 e. The molecule has 0 fully saturated rings. The molecule has 0 radical (unpaired) electrons. The molecule has 2 N–H and O–H groups in total. The van der Waals surface area contributed by atoms with E-state index in [0.717, 1.165) is 9.13 Å². The highest BCUT2D eigenvalue weighted by Crippen LogP contribution is 2.38. The van der Waals surface area contributed by atoms with Crippen LogP contribution in [-0.4, -0.2) is 23.6 Å². The molecule has 1 amide bonds. The zero-order valence-electron chi connectivity index (χ0n) is 18.5. The van der Waals surface area contributed by atoms with Crippen molar-refractivity contribution in [1.82, 2.24) is 0 Å². The van der Waals surface area contributed by atoms with Gasteiger partial charge in [-0.1, -0.05) is 18.2 Å². The quantitative estimate of drug-likeness (QED) is 0.161. The van der Waals surface area contributed by atoms with Crippen LogP contribution in [0.3, 0.4) is 0 Å². The van der Waals surface area contributed by atoms with E-state index in [1.807, 2.05) is 37.3 Å². The van der Waals surface area contributed by atoms with Gasteiger partial charge in [-0.15, -0.1) is 0 Å². The lowest BCUT2D eigenvalue weighted by Crippen LogP contribution is -2.14. The number of aromatic carboxylic acids is 1. The van der Waals surface area contributed by atoms with Crippen LogP contribution in [0.2, 0.25) is 0 Å². The van der Waals surface area contributed by atoms with Gasteiger partial charge in [-0.05, 0) is 105 Å². The Morgan fingerprint density at radius 3 is 2.54 bits per heavy atom. The maximum absolute atomic E-state index is 12.7. The number of nitriles is 1. The third-order valence-corrected chi connectivity index (χ3v) is 5.98. The number of rotatable bonds is 9. The summed E-state index contributed by atoms with van der Waals surface area (Å²) >= 11 is 5.74. The predicted molar refractivity (Wildman–Crippen MR) is 144 cm³/mol. The van der Waals surface area contributed by atoms with E-state index in [2.05, 4.69) is 43.8 Å². The van der Waals surface area contributed by atoms with Crippen molar-refractivity contribution in [3.63, 3.8) is 0 Å². The number of hydrogen-bond acceptors (Lipinski definition) is 5. The molecule has 178 valence electrons. The Bertz CT molecular complexity index is 1320. The number of carboxylic acids is 1. The highest BCUT2D eigenvalue weighted by atomic mass is 127. The van der Waals surface area contributed by atoms with Crippen LogP contribution < -0.4 is 14.8 Å². The average Bonchev–Trinajstić information content (AvgIpc) is 2.83. The lowest BCUT2D eigenvalue weighted by molar-refractivity contribution is -0.112. The van der Waals surface area contributed by atoms with Crippen LogP contribution >= 0.6 is 38.5 Å². The van der Waals surface area contributed by atoms with Gasteiger partial charge < -0.3 is 19.9 Å². The van der Waals surface area contributed by atoms with Crippen molar-refractivity contribution in [3.8, 4) is 17.6 Å². The Labute approximate surface area is 224 Å². The van der Waals surface area contributed by atoms with Gasteiger partial charge in [-0.2, -0.15) is 5.26 Å². The lowest BCUT2D eigenvalue weighted by atomic mass is 10.1. The third-order valence-electron chi connectivity index (χ3n) is 4.67. The zero-order chi connectivity index (χ0) is 25.4. The summed E-state index contributed by atoms with van der Waals surface area (Å²) in [6, 6.07) is 19.0. The molecular weight excluding hydrogens is 627 g/mol. The molecule has 35 heavy (non-hydrogen) atoms. The van der Waals surface area contributed by atoms with Gasteiger partial charge >= 0.3 is 5.97 Å². The molecule has 3 aromatic carbocycles. The zero-order valence-corrected chi connectivity index (χ0v) is 22.3. The second kappa shape index (κ2) is 12.4. The van der Waals surface area contributed by atoms with Crippen LogP contribution in [0.15, 0.2) is 70.7 Å². The summed E-state index contributed by atoms with van der Waals surface area (Å²) in [5.74, 6) is -0.806. The van der Waals surface area contributed by atoms with E-state index in [-0.39, 0.29) is 16.8 Å². The van der Waals surface area contributed by atoms with Gasteiger partial charge in [0.2, 0.25) is 0 Å². The smallest absolute Gasteiger partial charge is 0.335 e. The highest BCUT2D eigenvalue weighted by Gasteiger charge is 2.15. The van der Waals surface area contributed by atoms with Gasteiger partial charge in [-0.25, -0.2) is 4.79 Å². The fourth-order valence-electron chi connectivity index (χ4n) is 3.05. The van der Waals surface area contributed by atoms with Gasteiger partial charge in [0.1, 0.15) is 18.2 Å². The van der Waals surface area contributed by atoms with E-state index < -0.39 is 11.9 Å². The fraction of sp³-hybridized carbons (Fsp3) is 0.115. The molecule has 0 saturated heterocycles. The minimum atomic E-state index is -1.12. The molecule has 0 aromatic heterocycles. The minimum absolute atomic E-state index is 0.0244. The Kier molecular flexibility index (Phi) is 9.28. The van der Waals surface area contributed by atoms with E-state index in [1.165, 1.54) is 24.3 Å². The standard InChI is InChI=1S/C26H20BrIN2O5/c1-2-34-23-12-17(11-22(27)24(23)35-15-16-6-8-20(28)9-7-16)10-19(14-29)25(31)30-21-5-3-4-18(13-21)26(32)33/h3-13H,2,15H2,1H3,(H,30,31)(H,32,33)/b19-10-. The Balaban J connectivity index is 1.84. The van der Waals surface area contributed by atoms with Crippen molar-refractivity contribution in [2.24, 2.45) is 0 Å². The van der Waals surface area contributed by atoms with Gasteiger partial charge in [-0.3, -0.25) is 4.79 Å². The van der Waals surface area contributed by atoms with Crippen LogP contribution in [0.25, 0.3) is 6.08 Å². The fourth-order valence-corrected chi connectivity index (χ4v) is 3.99. The van der Waals surface area contributed by atoms with E-state index in [1.54, 1.807) is 18.2 Å². The first-order valence-corrected chi connectivity index (χ1v) is 12.3. The number of hydrogen-bond donors (Lipinski definition) is 2. The normalized spacial score (nSPS) is 10.9. The Morgan fingerprint density at radius 1 is 1.14 bits per heavy atom.